The van der Waals surface area contributed by atoms with Crippen LogP contribution in [0.3, 0.4) is 0 Å². The van der Waals surface area contributed by atoms with Crippen molar-refractivity contribution < 1.29 is 14.1 Å². The molecular formula is C13H24INO3S. The van der Waals surface area contributed by atoms with Gasteiger partial charge < -0.3 is 9.84 Å². The van der Waals surface area contributed by atoms with Crippen LogP contribution in [0.5, 0.6) is 0 Å². The fraction of sp³-hybridized carbons (Fsp3) is 1.00. The van der Waals surface area contributed by atoms with Crippen LogP contribution in [0.15, 0.2) is 0 Å². The summed E-state index contributed by atoms with van der Waals surface area (Å²) in [5.74, 6) is 1.03. The summed E-state index contributed by atoms with van der Waals surface area (Å²) in [7, 11) is -1.32. The quantitative estimate of drug-likeness (QED) is 0.548. The lowest BCUT2D eigenvalue weighted by Gasteiger charge is -2.38. The number of rotatable bonds is 5. The molecule has 2 rings (SSSR count). The molecule has 19 heavy (non-hydrogen) atoms. The average molecular weight is 401 g/mol. The van der Waals surface area contributed by atoms with E-state index in [1.54, 1.807) is 0 Å². The van der Waals surface area contributed by atoms with E-state index in [1.165, 1.54) is 12.8 Å². The van der Waals surface area contributed by atoms with Crippen LogP contribution in [-0.4, -0.2) is 30.4 Å². The van der Waals surface area contributed by atoms with Gasteiger partial charge in [-0.25, -0.2) is 4.21 Å². The first kappa shape index (κ1) is 16.1. The molecule has 0 aromatic heterocycles. The molecular weight excluding hydrogens is 377 g/mol. The molecule has 6 heteroatoms. The van der Waals surface area contributed by atoms with Crippen molar-refractivity contribution in [1.82, 2.24) is 0 Å². The van der Waals surface area contributed by atoms with Crippen molar-refractivity contribution >= 4 is 33.6 Å². The van der Waals surface area contributed by atoms with E-state index in [0.717, 1.165) is 19.3 Å². The summed E-state index contributed by atoms with van der Waals surface area (Å²) in [5, 5.41) is 15.5. The Balaban J connectivity index is 2.02. The average Bonchev–Trinajstić information content (AvgIpc) is 3.14. The summed E-state index contributed by atoms with van der Waals surface area (Å²) in [6.07, 6.45) is 4.66. The monoisotopic (exact) mass is 401 g/mol. The first-order chi connectivity index (χ1) is 8.81. The Morgan fingerprint density at radius 3 is 2.53 bits per heavy atom. The highest BCUT2D eigenvalue weighted by molar-refractivity contribution is 14.1. The fourth-order valence-corrected chi connectivity index (χ4v) is 3.78. The van der Waals surface area contributed by atoms with E-state index in [2.05, 4.69) is 22.6 Å². The third kappa shape index (κ3) is 4.12. The number of aliphatic hydroxyl groups excluding tert-OH is 1. The van der Waals surface area contributed by atoms with Gasteiger partial charge in [-0.2, -0.15) is 0 Å². The molecule has 0 aromatic rings. The minimum Gasteiger partial charge on any atom is -0.367 e. The number of halogens is 1. The molecule has 1 saturated carbocycles. The van der Waals surface area contributed by atoms with E-state index in [1.807, 2.05) is 13.8 Å². The normalized spacial score (nSPS) is 35.9. The van der Waals surface area contributed by atoms with Gasteiger partial charge in [0.1, 0.15) is 0 Å². The topological polar surface area (TPSA) is 72.6 Å². The number of ether oxygens (including phenoxy) is 1. The van der Waals surface area contributed by atoms with Gasteiger partial charge in [-0.1, -0.05) is 22.6 Å². The van der Waals surface area contributed by atoms with Crippen LogP contribution in [0.4, 0.5) is 0 Å². The van der Waals surface area contributed by atoms with E-state index in [0.29, 0.717) is 11.8 Å². The van der Waals surface area contributed by atoms with Crippen molar-refractivity contribution in [3.05, 3.63) is 0 Å². The molecule has 1 aliphatic carbocycles. The van der Waals surface area contributed by atoms with Gasteiger partial charge in [-0.05, 0) is 57.8 Å². The van der Waals surface area contributed by atoms with Gasteiger partial charge in [0.2, 0.25) is 0 Å². The summed E-state index contributed by atoms with van der Waals surface area (Å²) in [6.45, 7) is 3.91. The maximum absolute atomic E-state index is 11.6. The predicted octanol–water partition coefficient (Wildman–Crippen LogP) is 2.10. The molecule has 1 heterocycles. The molecule has 4 nitrogen and oxygen atoms in total. The van der Waals surface area contributed by atoms with Crippen LogP contribution in [0.1, 0.15) is 46.0 Å². The van der Waals surface area contributed by atoms with Crippen LogP contribution in [0.2, 0.25) is 0 Å². The standard InChI is InChI=1S/C13H24INO3S/c1-13(2,19(15)17)7-9(8-3-4-8)11-6-5-10(14)12(16)18-11/h8-12,16H,3-7,15H2,1-2H3/t9-,10?,11+,12?,19?/m1/s1. The van der Waals surface area contributed by atoms with Crippen LogP contribution in [0.25, 0.3) is 0 Å². The number of hydrogen-bond donors (Lipinski definition) is 2. The molecule has 2 fully saturated rings. The summed E-state index contributed by atoms with van der Waals surface area (Å²) in [4.78, 5) is 0. The van der Waals surface area contributed by atoms with Crippen LogP contribution >= 0.6 is 22.6 Å². The smallest absolute Gasteiger partial charge is 0.166 e. The number of aliphatic hydroxyl groups is 1. The van der Waals surface area contributed by atoms with Crippen molar-refractivity contribution in [1.29, 1.82) is 0 Å². The molecule has 2 aliphatic rings. The molecule has 3 unspecified atom stereocenters. The van der Waals surface area contributed by atoms with E-state index in [4.69, 9.17) is 9.88 Å². The zero-order valence-corrected chi connectivity index (χ0v) is 14.5. The lowest BCUT2D eigenvalue weighted by molar-refractivity contribution is -0.174. The zero-order chi connectivity index (χ0) is 14.2. The Labute approximate surface area is 131 Å². The van der Waals surface area contributed by atoms with Gasteiger partial charge in [0, 0.05) is 0 Å². The second-order valence-corrected chi connectivity index (χ2v) is 9.72. The Morgan fingerprint density at radius 1 is 1.42 bits per heavy atom. The first-order valence-electron chi connectivity index (χ1n) is 6.95. The lowest BCUT2D eigenvalue weighted by atomic mass is 9.84. The van der Waals surface area contributed by atoms with Gasteiger partial charge in [0.25, 0.3) is 0 Å². The van der Waals surface area contributed by atoms with E-state index >= 15 is 0 Å². The number of nitrogens with two attached hydrogens (primary N) is 1. The molecule has 5 atom stereocenters. The summed E-state index contributed by atoms with van der Waals surface area (Å²) >= 11 is 2.24. The van der Waals surface area contributed by atoms with Gasteiger partial charge in [-0.15, -0.1) is 0 Å². The highest BCUT2D eigenvalue weighted by Gasteiger charge is 2.44. The molecule has 0 bridgehead atoms. The maximum atomic E-state index is 11.6. The van der Waals surface area contributed by atoms with Crippen molar-refractivity contribution in [2.75, 3.05) is 0 Å². The zero-order valence-electron chi connectivity index (χ0n) is 11.5. The summed E-state index contributed by atoms with van der Waals surface area (Å²) in [6, 6.07) is 0. The van der Waals surface area contributed by atoms with Crippen LogP contribution in [0, 0.1) is 11.8 Å². The van der Waals surface area contributed by atoms with Crippen molar-refractivity contribution in [3.8, 4) is 0 Å². The Morgan fingerprint density at radius 2 is 2.05 bits per heavy atom. The highest BCUT2D eigenvalue weighted by atomic mass is 127. The van der Waals surface area contributed by atoms with Gasteiger partial charge in [-0.3, -0.25) is 5.14 Å². The molecule has 0 radical (unpaired) electrons. The van der Waals surface area contributed by atoms with Crippen molar-refractivity contribution in [2.24, 2.45) is 17.0 Å². The van der Waals surface area contributed by atoms with Gasteiger partial charge in [0.15, 0.2) is 6.29 Å². The van der Waals surface area contributed by atoms with Gasteiger partial charge in [0.05, 0.1) is 25.8 Å². The number of alkyl halides is 1. The third-order valence-electron chi connectivity index (χ3n) is 4.33. The molecule has 0 aromatic carbocycles. The molecule has 1 saturated heterocycles. The maximum Gasteiger partial charge on any atom is 0.166 e. The van der Waals surface area contributed by atoms with Gasteiger partial charge >= 0.3 is 0 Å². The SMILES string of the molecule is CC(C)(C[C@H](C1CC1)[C@@H]1CCC(I)C(O)O1)S(N)=O. The van der Waals surface area contributed by atoms with E-state index in [-0.39, 0.29) is 14.8 Å². The lowest BCUT2D eigenvalue weighted by Crippen LogP contribution is -2.43. The molecule has 1 aliphatic heterocycles. The second kappa shape index (κ2) is 6.25. The second-order valence-electron chi connectivity index (χ2n) is 6.42. The van der Waals surface area contributed by atoms with Crippen LogP contribution < -0.4 is 5.14 Å². The third-order valence-corrected chi connectivity index (χ3v) is 6.82. The molecule has 3 N–H and O–H groups in total. The van der Waals surface area contributed by atoms with Crippen molar-refractivity contribution in [3.63, 3.8) is 0 Å². The Hall–Kier alpha value is 0.760. The molecule has 112 valence electrons. The Bertz CT molecular complexity index is 349. The molecule has 0 spiro atoms. The van der Waals surface area contributed by atoms with Crippen LogP contribution in [-0.2, 0) is 15.7 Å². The largest absolute Gasteiger partial charge is 0.367 e. The fourth-order valence-electron chi connectivity index (χ4n) is 2.89. The summed E-state index contributed by atoms with van der Waals surface area (Å²) in [5.41, 5.74) is 0. The Kier molecular flexibility index (Phi) is 5.31. The number of hydrogen-bond acceptors (Lipinski definition) is 3. The summed E-state index contributed by atoms with van der Waals surface area (Å²) < 4.78 is 17.2. The highest BCUT2D eigenvalue weighted by Crippen LogP contribution is 2.46. The molecule has 0 amide bonds. The first-order valence-corrected chi connectivity index (χ1v) is 9.41. The van der Waals surface area contributed by atoms with Crippen molar-refractivity contribution in [2.45, 2.75) is 67.0 Å². The predicted molar refractivity (Wildman–Crippen MR) is 85.2 cm³/mol. The minimum absolute atomic E-state index is 0.0938. The minimum atomic E-state index is -1.32. The van der Waals surface area contributed by atoms with E-state index < -0.39 is 17.3 Å². The van der Waals surface area contributed by atoms with E-state index in [9.17, 15) is 9.32 Å².